The molecular weight excluding hydrogens is 334 g/mol. The standard InChI is InChI=1S/C19H19N3O4/c1-24-15-3-4-16-14(9-15)11-21-22(16)7-6-19(23)20-10-13-2-5-17-18(8-13)26-12-25-17/h2-5,8-9,11H,6-7,10,12H2,1H3,(H,20,23). The Kier molecular flexibility index (Phi) is 4.35. The number of hydrogen-bond donors (Lipinski definition) is 1. The highest BCUT2D eigenvalue weighted by molar-refractivity contribution is 5.80. The Balaban J connectivity index is 1.33. The molecule has 1 aromatic heterocycles. The van der Waals surface area contributed by atoms with Crippen LogP contribution in [0.25, 0.3) is 10.9 Å². The molecule has 0 saturated heterocycles. The summed E-state index contributed by atoms with van der Waals surface area (Å²) in [6.45, 7) is 1.21. The van der Waals surface area contributed by atoms with Gasteiger partial charge in [0.15, 0.2) is 11.5 Å². The molecule has 134 valence electrons. The summed E-state index contributed by atoms with van der Waals surface area (Å²) in [6, 6.07) is 11.4. The van der Waals surface area contributed by atoms with Gasteiger partial charge in [0, 0.05) is 18.4 Å². The number of aromatic nitrogens is 2. The number of carbonyl (C=O) groups is 1. The molecule has 0 fully saturated rings. The molecule has 1 N–H and O–H groups in total. The van der Waals surface area contributed by atoms with Gasteiger partial charge in [-0.05, 0) is 35.9 Å². The highest BCUT2D eigenvalue weighted by Gasteiger charge is 2.13. The summed E-state index contributed by atoms with van der Waals surface area (Å²) < 4.78 is 17.7. The number of rotatable bonds is 6. The highest BCUT2D eigenvalue weighted by Crippen LogP contribution is 2.32. The van der Waals surface area contributed by atoms with Crippen LogP contribution in [0.15, 0.2) is 42.6 Å². The van der Waals surface area contributed by atoms with Gasteiger partial charge in [-0.15, -0.1) is 0 Å². The average Bonchev–Trinajstić information content (AvgIpc) is 3.30. The maximum atomic E-state index is 12.2. The minimum absolute atomic E-state index is 0.0279. The van der Waals surface area contributed by atoms with Gasteiger partial charge in [-0.25, -0.2) is 0 Å². The number of benzene rings is 2. The molecule has 0 saturated carbocycles. The summed E-state index contributed by atoms with van der Waals surface area (Å²) >= 11 is 0. The smallest absolute Gasteiger partial charge is 0.231 e. The second-order valence-electron chi connectivity index (χ2n) is 6.01. The number of nitrogens with one attached hydrogen (secondary N) is 1. The number of hydrogen-bond acceptors (Lipinski definition) is 5. The predicted octanol–water partition coefficient (Wildman–Crippen LogP) is 2.48. The first kappa shape index (κ1) is 16.3. The largest absolute Gasteiger partial charge is 0.497 e. The van der Waals surface area contributed by atoms with Crippen molar-refractivity contribution >= 4 is 16.8 Å². The van der Waals surface area contributed by atoms with Crippen LogP contribution in [-0.4, -0.2) is 29.6 Å². The lowest BCUT2D eigenvalue weighted by Crippen LogP contribution is -2.24. The fourth-order valence-electron chi connectivity index (χ4n) is 2.92. The summed E-state index contributed by atoms with van der Waals surface area (Å²) in [5, 5.41) is 8.26. The summed E-state index contributed by atoms with van der Waals surface area (Å²) in [6.07, 6.45) is 2.13. The van der Waals surface area contributed by atoms with Gasteiger partial charge in [-0.3, -0.25) is 9.48 Å². The quantitative estimate of drug-likeness (QED) is 0.737. The predicted molar refractivity (Wildman–Crippen MR) is 95.3 cm³/mol. The lowest BCUT2D eigenvalue weighted by molar-refractivity contribution is -0.121. The van der Waals surface area contributed by atoms with Crippen LogP contribution >= 0.6 is 0 Å². The second-order valence-corrected chi connectivity index (χ2v) is 6.01. The SMILES string of the molecule is COc1ccc2c(cnn2CCC(=O)NCc2ccc3c(c2)OCO3)c1. The minimum atomic E-state index is -0.0279. The zero-order valence-corrected chi connectivity index (χ0v) is 14.4. The Morgan fingerprint density at radius 1 is 1.23 bits per heavy atom. The van der Waals surface area contributed by atoms with E-state index in [-0.39, 0.29) is 12.7 Å². The summed E-state index contributed by atoms with van der Waals surface area (Å²) in [4.78, 5) is 12.2. The van der Waals surface area contributed by atoms with Crippen molar-refractivity contribution in [2.24, 2.45) is 0 Å². The normalized spacial score (nSPS) is 12.3. The summed E-state index contributed by atoms with van der Waals surface area (Å²) in [5.74, 6) is 2.22. The Labute approximate surface area is 150 Å². The Bertz CT molecular complexity index is 951. The van der Waals surface area contributed by atoms with Gasteiger partial charge in [0.05, 0.1) is 25.4 Å². The molecule has 0 radical (unpaired) electrons. The Morgan fingerprint density at radius 3 is 3.00 bits per heavy atom. The lowest BCUT2D eigenvalue weighted by atomic mass is 10.2. The number of aryl methyl sites for hydroxylation is 1. The molecule has 0 unspecified atom stereocenters. The van der Waals surface area contributed by atoms with Gasteiger partial charge in [0.1, 0.15) is 5.75 Å². The molecule has 1 aliphatic heterocycles. The van der Waals surface area contributed by atoms with Crippen molar-refractivity contribution in [3.8, 4) is 17.2 Å². The Hall–Kier alpha value is -3.22. The first-order valence-corrected chi connectivity index (χ1v) is 8.38. The van der Waals surface area contributed by atoms with Crippen molar-refractivity contribution in [3.05, 3.63) is 48.2 Å². The van der Waals surface area contributed by atoms with Gasteiger partial charge < -0.3 is 19.5 Å². The van der Waals surface area contributed by atoms with Crippen LogP contribution in [0.5, 0.6) is 17.2 Å². The summed E-state index contributed by atoms with van der Waals surface area (Å²) in [5.41, 5.74) is 1.95. The lowest BCUT2D eigenvalue weighted by Gasteiger charge is -2.07. The summed E-state index contributed by atoms with van der Waals surface area (Å²) in [7, 11) is 1.63. The molecule has 4 rings (SSSR count). The molecule has 1 amide bonds. The van der Waals surface area contributed by atoms with Crippen LogP contribution < -0.4 is 19.5 Å². The van der Waals surface area contributed by atoms with Gasteiger partial charge in [0.25, 0.3) is 0 Å². The van der Waals surface area contributed by atoms with Crippen LogP contribution in [0.2, 0.25) is 0 Å². The van der Waals surface area contributed by atoms with E-state index in [1.54, 1.807) is 13.3 Å². The van der Waals surface area contributed by atoms with Crippen molar-refractivity contribution in [3.63, 3.8) is 0 Å². The molecule has 7 heteroatoms. The van der Waals surface area contributed by atoms with Crippen molar-refractivity contribution in [1.82, 2.24) is 15.1 Å². The first-order valence-electron chi connectivity index (χ1n) is 8.38. The van der Waals surface area contributed by atoms with E-state index in [4.69, 9.17) is 14.2 Å². The van der Waals surface area contributed by atoms with E-state index in [9.17, 15) is 4.79 Å². The van der Waals surface area contributed by atoms with Crippen LogP contribution in [0.3, 0.4) is 0 Å². The van der Waals surface area contributed by atoms with E-state index in [0.29, 0.717) is 19.5 Å². The molecule has 0 spiro atoms. The van der Waals surface area contributed by atoms with Gasteiger partial charge in [0.2, 0.25) is 12.7 Å². The van der Waals surface area contributed by atoms with E-state index in [0.717, 1.165) is 33.7 Å². The van der Waals surface area contributed by atoms with Crippen LogP contribution in [0, 0.1) is 0 Å². The van der Waals surface area contributed by atoms with Crippen molar-refractivity contribution in [2.45, 2.75) is 19.5 Å². The average molecular weight is 353 g/mol. The maximum absolute atomic E-state index is 12.2. The molecular formula is C19H19N3O4. The van der Waals surface area contributed by atoms with Crippen molar-refractivity contribution < 1.29 is 19.0 Å². The number of methoxy groups -OCH3 is 1. The number of amides is 1. The molecule has 7 nitrogen and oxygen atoms in total. The molecule has 26 heavy (non-hydrogen) atoms. The molecule has 1 aliphatic rings. The van der Waals surface area contributed by atoms with Gasteiger partial charge >= 0.3 is 0 Å². The van der Waals surface area contributed by atoms with Crippen LogP contribution in [0.1, 0.15) is 12.0 Å². The van der Waals surface area contributed by atoms with Crippen LogP contribution in [0.4, 0.5) is 0 Å². The third-order valence-corrected chi connectivity index (χ3v) is 4.33. The molecule has 0 bridgehead atoms. The fraction of sp³-hybridized carbons (Fsp3) is 0.263. The number of fused-ring (bicyclic) bond motifs is 2. The topological polar surface area (TPSA) is 74.6 Å². The van der Waals surface area contributed by atoms with E-state index < -0.39 is 0 Å². The number of ether oxygens (including phenoxy) is 3. The molecule has 2 aromatic carbocycles. The van der Waals surface area contributed by atoms with E-state index in [2.05, 4.69) is 10.4 Å². The molecule has 3 aromatic rings. The van der Waals surface area contributed by atoms with E-state index in [1.807, 2.05) is 41.1 Å². The minimum Gasteiger partial charge on any atom is -0.497 e. The molecule has 0 atom stereocenters. The fourth-order valence-corrected chi connectivity index (χ4v) is 2.92. The number of nitrogens with zero attached hydrogens (tertiary/aromatic N) is 2. The first-order chi connectivity index (χ1) is 12.7. The second kappa shape index (κ2) is 6.95. The third-order valence-electron chi connectivity index (χ3n) is 4.33. The molecule has 2 heterocycles. The maximum Gasteiger partial charge on any atom is 0.231 e. The number of carbonyl (C=O) groups excluding carboxylic acids is 1. The van der Waals surface area contributed by atoms with Crippen molar-refractivity contribution in [1.29, 1.82) is 0 Å². The van der Waals surface area contributed by atoms with Gasteiger partial charge in [-0.2, -0.15) is 5.10 Å². The molecule has 0 aliphatic carbocycles. The van der Waals surface area contributed by atoms with Crippen molar-refractivity contribution in [2.75, 3.05) is 13.9 Å². The zero-order chi connectivity index (χ0) is 17.9. The third kappa shape index (κ3) is 3.28. The monoisotopic (exact) mass is 353 g/mol. The highest BCUT2D eigenvalue weighted by atomic mass is 16.7. The van der Waals surface area contributed by atoms with Gasteiger partial charge in [-0.1, -0.05) is 6.07 Å². The van der Waals surface area contributed by atoms with E-state index >= 15 is 0 Å². The van der Waals surface area contributed by atoms with Crippen LogP contribution in [-0.2, 0) is 17.9 Å². The zero-order valence-electron chi connectivity index (χ0n) is 14.4. The van der Waals surface area contributed by atoms with E-state index in [1.165, 1.54) is 0 Å². The Morgan fingerprint density at radius 2 is 2.12 bits per heavy atom.